The van der Waals surface area contributed by atoms with E-state index in [1.165, 1.54) is 6.08 Å². The molecule has 0 radical (unpaired) electrons. The van der Waals surface area contributed by atoms with Gasteiger partial charge in [0.25, 0.3) is 0 Å². The van der Waals surface area contributed by atoms with Gasteiger partial charge in [0.2, 0.25) is 5.91 Å². The highest BCUT2D eigenvalue weighted by Crippen LogP contribution is 2.26. The fourth-order valence-electron chi connectivity index (χ4n) is 2.34. The summed E-state index contributed by atoms with van der Waals surface area (Å²) in [6.07, 6.45) is 3.10. The molecule has 104 valence electrons. The summed E-state index contributed by atoms with van der Waals surface area (Å²) in [4.78, 5) is 20.2. The number of aliphatic imine (C=N–C) groups is 1. The summed E-state index contributed by atoms with van der Waals surface area (Å²) in [5.41, 5.74) is 5.91. The van der Waals surface area contributed by atoms with E-state index in [0.717, 1.165) is 33.8 Å². The maximum Gasteiger partial charge on any atom is 0.247 e. The minimum atomic E-state index is -0.220. The van der Waals surface area contributed by atoms with Crippen LogP contribution in [0, 0.1) is 0 Å². The molecular weight excluding hydrogens is 262 g/mol. The van der Waals surface area contributed by atoms with Crippen LogP contribution in [0.4, 0.5) is 5.69 Å². The van der Waals surface area contributed by atoms with E-state index >= 15 is 0 Å². The summed E-state index contributed by atoms with van der Waals surface area (Å²) in [6.45, 7) is 6.11. The smallest absolute Gasteiger partial charge is 0.247 e. The average Bonchev–Trinajstić information content (AvgIpc) is 2.88. The average molecular weight is 277 g/mol. The Morgan fingerprint density at radius 2 is 2.19 bits per heavy atom. The second-order valence-electron chi connectivity index (χ2n) is 4.89. The highest BCUT2D eigenvalue weighted by molar-refractivity contribution is 6.02. The molecular formula is C17H15N3O. The normalized spacial score (nSPS) is 12.5. The zero-order valence-electron chi connectivity index (χ0n) is 11.8. The predicted molar refractivity (Wildman–Crippen MR) is 84.4 cm³/mol. The summed E-state index contributed by atoms with van der Waals surface area (Å²) in [5, 5.41) is 2.76. The van der Waals surface area contributed by atoms with Gasteiger partial charge in [0, 0.05) is 28.7 Å². The molecule has 0 unspecified atom stereocenters. The Labute approximate surface area is 123 Å². The molecule has 1 aliphatic rings. The first-order valence-electron chi connectivity index (χ1n) is 6.71. The van der Waals surface area contributed by atoms with E-state index in [9.17, 15) is 4.79 Å². The summed E-state index contributed by atoms with van der Waals surface area (Å²) in [7, 11) is 0. The van der Waals surface area contributed by atoms with Gasteiger partial charge >= 0.3 is 0 Å². The molecule has 1 aliphatic heterocycles. The Bertz CT molecular complexity index is 762. The number of hydrogen-bond acceptors (Lipinski definition) is 3. The van der Waals surface area contributed by atoms with Crippen LogP contribution in [0.15, 0.2) is 54.2 Å². The number of hydrogen-bond donors (Lipinski definition) is 1. The predicted octanol–water partition coefficient (Wildman–Crippen LogP) is 3.20. The largest absolute Gasteiger partial charge is 0.323 e. The van der Waals surface area contributed by atoms with Crippen LogP contribution < -0.4 is 5.32 Å². The molecule has 0 spiro atoms. The molecule has 0 saturated carbocycles. The van der Waals surface area contributed by atoms with Gasteiger partial charge in [0.05, 0.1) is 12.2 Å². The Morgan fingerprint density at radius 3 is 3.00 bits per heavy atom. The van der Waals surface area contributed by atoms with Crippen LogP contribution in [-0.4, -0.2) is 16.6 Å². The first-order chi connectivity index (χ1) is 10.2. The van der Waals surface area contributed by atoms with Gasteiger partial charge in [-0.3, -0.25) is 14.8 Å². The fraction of sp³-hybridized carbons (Fsp3) is 0.118. The van der Waals surface area contributed by atoms with Crippen molar-refractivity contribution in [2.24, 2.45) is 4.99 Å². The van der Waals surface area contributed by atoms with E-state index in [1.807, 2.05) is 37.4 Å². The summed E-state index contributed by atoms with van der Waals surface area (Å²) in [6, 6.07) is 9.77. The van der Waals surface area contributed by atoms with Gasteiger partial charge < -0.3 is 5.32 Å². The van der Waals surface area contributed by atoms with Crippen molar-refractivity contribution in [1.82, 2.24) is 4.98 Å². The van der Waals surface area contributed by atoms with E-state index in [1.54, 1.807) is 0 Å². The minimum Gasteiger partial charge on any atom is -0.323 e. The van der Waals surface area contributed by atoms with Crippen molar-refractivity contribution in [3.05, 3.63) is 60.4 Å². The molecule has 4 nitrogen and oxygen atoms in total. The number of amides is 1. The minimum absolute atomic E-state index is 0.220. The molecule has 4 heteroatoms. The van der Waals surface area contributed by atoms with Gasteiger partial charge in [-0.1, -0.05) is 18.7 Å². The molecule has 1 amide bonds. The lowest BCUT2D eigenvalue weighted by atomic mass is 10.0. The molecule has 0 saturated heterocycles. The summed E-state index contributed by atoms with van der Waals surface area (Å²) >= 11 is 0. The molecule has 0 bridgehead atoms. The number of nitrogens with zero attached hydrogens (tertiary/aromatic N) is 2. The van der Waals surface area contributed by atoms with Crippen molar-refractivity contribution in [2.75, 3.05) is 5.32 Å². The van der Waals surface area contributed by atoms with Gasteiger partial charge in [-0.15, -0.1) is 0 Å². The van der Waals surface area contributed by atoms with Crippen molar-refractivity contribution in [1.29, 1.82) is 0 Å². The molecule has 3 rings (SSSR count). The first kappa shape index (κ1) is 13.2. The lowest BCUT2D eigenvalue weighted by Crippen LogP contribution is -2.07. The zero-order chi connectivity index (χ0) is 14.8. The van der Waals surface area contributed by atoms with Crippen molar-refractivity contribution in [3.8, 4) is 11.1 Å². The number of nitrogens with one attached hydrogen (secondary N) is 1. The van der Waals surface area contributed by atoms with Gasteiger partial charge in [-0.05, 0) is 36.8 Å². The SMILES string of the molecule is C=CC(=O)Nc1cccc(-c2cnc3c(c2)C(C)=NC3)c1. The molecule has 1 aromatic heterocycles. The highest BCUT2D eigenvalue weighted by Gasteiger charge is 2.14. The monoisotopic (exact) mass is 277 g/mol. The van der Waals surface area contributed by atoms with E-state index < -0.39 is 0 Å². The van der Waals surface area contributed by atoms with E-state index in [4.69, 9.17) is 0 Å². The molecule has 0 fully saturated rings. The van der Waals surface area contributed by atoms with Crippen LogP contribution in [0.1, 0.15) is 18.2 Å². The third-order valence-electron chi connectivity index (χ3n) is 3.47. The first-order valence-corrected chi connectivity index (χ1v) is 6.71. The van der Waals surface area contributed by atoms with E-state index in [0.29, 0.717) is 6.54 Å². The number of aromatic nitrogens is 1. The molecule has 2 heterocycles. The number of fused-ring (bicyclic) bond motifs is 1. The fourth-order valence-corrected chi connectivity index (χ4v) is 2.34. The number of anilines is 1. The number of rotatable bonds is 3. The zero-order valence-corrected chi connectivity index (χ0v) is 11.8. The number of pyridine rings is 1. The van der Waals surface area contributed by atoms with Crippen molar-refractivity contribution < 1.29 is 4.79 Å². The maximum absolute atomic E-state index is 11.4. The summed E-state index contributed by atoms with van der Waals surface area (Å²) < 4.78 is 0. The van der Waals surface area contributed by atoms with Crippen molar-refractivity contribution in [2.45, 2.75) is 13.5 Å². The van der Waals surface area contributed by atoms with Gasteiger partial charge in [0.15, 0.2) is 0 Å². The molecule has 21 heavy (non-hydrogen) atoms. The third kappa shape index (κ3) is 2.60. The van der Waals surface area contributed by atoms with Crippen molar-refractivity contribution in [3.63, 3.8) is 0 Å². The molecule has 2 aromatic rings. The number of carbonyl (C=O) groups is 1. The van der Waals surface area contributed by atoms with Crippen LogP contribution in [0.3, 0.4) is 0 Å². The molecule has 0 aliphatic carbocycles. The van der Waals surface area contributed by atoms with Gasteiger partial charge in [-0.2, -0.15) is 0 Å². The van der Waals surface area contributed by atoms with E-state index in [-0.39, 0.29) is 5.91 Å². The molecule has 1 aromatic carbocycles. The van der Waals surface area contributed by atoms with Crippen LogP contribution in [-0.2, 0) is 11.3 Å². The second kappa shape index (κ2) is 5.32. The standard InChI is InChI=1S/C17H15N3O/c1-3-17(21)20-14-6-4-5-12(7-14)13-8-15-11(2)18-10-16(15)19-9-13/h3-9H,1,10H2,2H3,(H,20,21). The maximum atomic E-state index is 11.4. The number of benzene rings is 1. The Hall–Kier alpha value is -2.75. The second-order valence-corrected chi connectivity index (χ2v) is 4.89. The Balaban J connectivity index is 1.96. The Morgan fingerprint density at radius 1 is 1.33 bits per heavy atom. The van der Waals surface area contributed by atoms with Crippen LogP contribution in [0.5, 0.6) is 0 Å². The number of carbonyl (C=O) groups excluding carboxylic acids is 1. The van der Waals surface area contributed by atoms with Crippen LogP contribution >= 0.6 is 0 Å². The van der Waals surface area contributed by atoms with E-state index in [2.05, 4.69) is 27.9 Å². The quantitative estimate of drug-likeness (QED) is 0.876. The lowest BCUT2D eigenvalue weighted by Gasteiger charge is -2.07. The lowest BCUT2D eigenvalue weighted by molar-refractivity contribution is -0.111. The van der Waals surface area contributed by atoms with Crippen molar-refractivity contribution >= 4 is 17.3 Å². The molecule has 0 atom stereocenters. The Kier molecular flexibility index (Phi) is 3.36. The molecule has 1 N–H and O–H groups in total. The van der Waals surface area contributed by atoms with Crippen LogP contribution in [0.2, 0.25) is 0 Å². The highest BCUT2D eigenvalue weighted by atomic mass is 16.1. The van der Waals surface area contributed by atoms with Gasteiger partial charge in [0.1, 0.15) is 0 Å². The van der Waals surface area contributed by atoms with Gasteiger partial charge in [-0.25, -0.2) is 0 Å². The summed E-state index contributed by atoms with van der Waals surface area (Å²) in [5.74, 6) is -0.220. The third-order valence-corrected chi connectivity index (χ3v) is 3.47. The van der Waals surface area contributed by atoms with Crippen LogP contribution in [0.25, 0.3) is 11.1 Å². The topological polar surface area (TPSA) is 54.4 Å².